The fourth-order valence-corrected chi connectivity index (χ4v) is 2.55. The number of hydrogen-bond donors (Lipinski definition) is 1. The molecule has 0 aliphatic rings. The maximum Gasteiger partial charge on any atom is 0.124 e. The molecular weight excluding hydrogens is 282 g/mol. The van der Waals surface area contributed by atoms with E-state index in [-0.39, 0.29) is 12.1 Å². The van der Waals surface area contributed by atoms with E-state index in [1.807, 2.05) is 52.1 Å². The van der Waals surface area contributed by atoms with Crippen LogP contribution in [0.5, 0.6) is 5.75 Å². The van der Waals surface area contributed by atoms with Crippen LogP contribution in [0.1, 0.15) is 36.6 Å². The lowest BCUT2D eigenvalue weighted by Crippen LogP contribution is -2.19. The summed E-state index contributed by atoms with van der Waals surface area (Å²) in [5.41, 5.74) is 3.39. The molecule has 21 heavy (non-hydrogen) atoms. The van der Waals surface area contributed by atoms with E-state index in [4.69, 9.17) is 16.3 Å². The van der Waals surface area contributed by atoms with Gasteiger partial charge in [-0.2, -0.15) is 0 Å². The molecule has 0 bridgehead atoms. The van der Waals surface area contributed by atoms with Crippen molar-refractivity contribution in [2.75, 3.05) is 7.05 Å². The van der Waals surface area contributed by atoms with Crippen molar-refractivity contribution in [3.05, 3.63) is 64.2 Å². The highest BCUT2D eigenvalue weighted by Gasteiger charge is 2.17. The molecule has 1 N–H and O–H groups in total. The van der Waals surface area contributed by atoms with E-state index in [0.717, 1.165) is 21.9 Å². The van der Waals surface area contributed by atoms with Crippen molar-refractivity contribution in [2.45, 2.75) is 32.9 Å². The molecule has 112 valence electrons. The van der Waals surface area contributed by atoms with E-state index < -0.39 is 0 Å². The maximum absolute atomic E-state index is 6.13. The zero-order valence-electron chi connectivity index (χ0n) is 13.0. The van der Waals surface area contributed by atoms with Gasteiger partial charge in [-0.1, -0.05) is 41.9 Å². The molecule has 2 aromatic carbocycles. The monoisotopic (exact) mass is 303 g/mol. The van der Waals surface area contributed by atoms with Gasteiger partial charge in [0.25, 0.3) is 0 Å². The molecule has 0 saturated heterocycles. The van der Waals surface area contributed by atoms with Crippen LogP contribution in [-0.2, 0) is 0 Å². The van der Waals surface area contributed by atoms with Gasteiger partial charge in [-0.3, -0.25) is 0 Å². The second kappa shape index (κ2) is 6.97. The van der Waals surface area contributed by atoms with Gasteiger partial charge in [0.15, 0.2) is 0 Å². The number of aryl methyl sites for hydroxylation is 1. The Morgan fingerprint density at radius 1 is 1.10 bits per heavy atom. The van der Waals surface area contributed by atoms with Crippen LogP contribution in [0.2, 0.25) is 5.02 Å². The molecule has 2 rings (SSSR count). The zero-order valence-corrected chi connectivity index (χ0v) is 13.7. The summed E-state index contributed by atoms with van der Waals surface area (Å²) >= 11 is 6.13. The quantitative estimate of drug-likeness (QED) is 0.861. The second-order valence-electron chi connectivity index (χ2n) is 5.43. The molecule has 0 aliphatic heterocycles. The van der Waals surface area contributed by atoms with Gasteiger partial charge in [-0.05, 0) is 51.1 Å². The van der Waals surface area contributed by atoms with Crippen molar-refractivity contribution in [1.29, 1.82) is 0 Å². The highest BCUT2D eigenvalue weighted by Crippen LogP contribution is 2.31. The average molecular weight is 304 g/mol. The Kier molecular flexibility index (Phi) is 5.27. The first-order valence-electron chi connectivity index (χ1n) is 7.21. The SMILES string of the molecule is CNC(c1ccc(Cl)c(C)c1)c1ccccc1OC(C)C. The van der Waals surface area contributed by atoms with Crippen molar-refractivity contribution < 1.29 is 4.74 Å². The molecule has 0 fully saturated rings. The van der Waals surface area contributed by atoms with Crippen molar-refractivity contribution in [3.63, 3.8) is 0 Å². The first-order chi connectivity index (χ1) is 10.0. The third kappa shape index (κ3) is 3.78. The number of halogens is 1. The summed E-state index contributed by atoms with van der Waals surface area (Å²) in [6, 6.07) is 14.4. The summed E-state index contributed by atoms with van der Waals surface area (Å²) in [4.78, 5) is 0. The lowest BCUT2D eigenvalue weighted by molar-refractivity contribution is 0.238. The van der Waals surface area contributed by atoms with Crippen LogP contribution in [0.15, 0.2) is 42.5 Å². The van der Waals surface area contributed by atoms with Crippen LogP contribution in [0.3, 0.4) is 0 Å². The topological polar surface area (TPSA) is 21.3 Å². The molecule has 0 aromatic heterocycles. The molecule has 0 aliphatic carbocycles. The maximum atomic E-state index is 6.13. The van der Waals surface area contributed by atoms with Crippen LogP contribution in [-0.4, -0.2) is 13.2 Å². The van der Waals surface area contributed by atoms with E-state index in [1.54, 1.807) is 0 Å². The van der Waals surface area contributed by atoms with E-state index in [0.29, 0.717) is 0 Å². The fraction of sp³-hybridized carbons (Fsp3) is 0.333. The molecule has 2 aromatic rings. The summed E-state index contributed by atoms with van der Waals surface area (Å²) in [7, 11) is 1.96. The van der Waals surface area contributed by atoms with E-state index in [2.05, 4.69) is 23.5 Å². The smallest absolute Gasteiger partial charge is 0.124 e. The lowest BCUT2D eigenvalue weighted by atomic mass is 9.96. The molecule has 3 heteroatoms. The number of hydrogen-bond acceptors (Lipinski definition) is 2. The Bertz CT molecular complexity index is 610. The van der Waals surface area contributed by atoms with Crippen LogP contribution < -0.4 is 10.1 Å². The Balaban J connectivity index is 2.43. The van der Waals surface area contributed by atoms with Gasteiger partial charge >= 0.3 is 0 Å². The summed E-state index contributed by atoms with van der Waals surface area (Å²) < 4.78 is 5.94. The van der Waals surface area contributed by atoms with E-state index in [9.17, 15) is 0 Å². The second-order valence-corrected chi connectivity index (χ2v) is 5.84. The largest absolute Gasteiger partial charge is 0.491 e. The average Bonchev–Trinajstić information content (AvgIpc) is 2.44. The van der Waals surface area contributed by atoms with Gasteiger partial charge in [0.2, 0.25) is 0 Å². The van der Waals surface area contributed by atoms with E-state index in [1.165, 1.54) is 5.56 Å². The molecule has 0 heterocycles. The van der Waals surface area contributed by atoms with Gasteiger partial charge in [-0.15, -0.1) is 0 Å². The molecule has 0 saturated carbocycles. The van der Waals surface area contributed by atoms with Crippen LogP contribution in [0.4, 0.5) is 0 Å². The van der Waals surface area contributed by atoms with Crippen molar-refractivity contribution in [2.24, 2.45) is 0 Å². The normalized spacial score (nSPS) is 12.5. The lowest BCUT2D eigenvalue weighted by Gasteiger charge is -2.22. The van der Waals surface area contributed by atoms with Crippen LogP contribution in [0, 0.1) is 6.92 Å². The highest BCUT2D eigenvalue weighted by molar-refractivity contribution is 6.31. The predicted octanol–water partition coefficient (Wildman–Crippen LogP) is 4.74. The Hall–Kier alpha value is -1.51. The fourth-order valence-electron chi connectivity index (χ4n) is 2.43. The number of para-hydroxylation sites is 1. The Morgan fingerprint density at radius 2 is 1.81 bits per heavy atom. The van der Waals surface area contributed by atoms with Crippen molar-refractivity contribution in [3.8, 4) is 5.75 Å². The molecular formula is C18H22ClNO. The minimum atomic E-state index is 0.0796. The summed E-state index contributed by atoms with van der Waals surface area (Å²) in [6.07, 6.45) is 0.149. The number of rotatable bonds is 5. The minimum absolute atomic E-state index is 0.0796. The summed E-state index contributed by atoms with van der Waals surface area (Å²) in [6.45, 7) is 6.10. The first-order valence-corrected chi connectivity index (χ1v) is 7.59. The third-order valence-corrected chi connectivity index (χ3v) is 3.82. The zero-order chi connectivity index (χ0) is 15.4. The van der Waals surface area contributed by atoms with Gasteiger partial charge < -0.3 is 10.1 Å². The highest BCUT2D eigenvalue weighted by atomic mass is 35.5. The minimum Gasteiger partial charge on any atom is -0.491 e. The number of benzene rings is 2. The van der Waals surface area contributed by atoms with Gasteiger partial charge in [0, 0.05) is 10.6 Å². The molecule has 1 unspecified atom stereocenters. The third-order valence-electron chi connectivity index (χ3n) is 3.40. The first kappa shape index (κ1) is 15.9. The van der Waals surface area contributed by atoms with Crippen molar-refractivity contribution >= 4 is 11.6 Å². The van der Waals surface area contributed by atoms with Gasteiger partial charge in [0.1, 0.15) is 5.75 Å². The molecule has 2 nitrogen and oxygen atoms in total. The summed E-state index contributed by atoms with van der Waals surface area (Å²) in [5.74, 6) is 0.916. The molecule has 0 amide bonds. The number of ether oxygens (including phenoxy) is 1. The van der Waals surface area contributed by atoms with Crippen LogP contribution >= 0.6 is 11.6 Å². The van der Waals surface area contributed by atoms with Crippen molar-refractivity contribution in [1.82, 2.24) is 5.32 Å². The standard InChI is InChI=1S/C18H22ClNO/c1-12(2)21-17-8-6-5-7-15(17)18(20-4)14-9-10-16(19)13(3)11-14/h5-12,18,20H,1-4H3. The molecule has 1 atom stereocenters. The Morgan fingerprint density at radius 3 is 2.43 bits per heavy atom. The molecule has 0 radical (unpaired) electrons. The number of nitrogens with one attached hydrogen (secondary N) is 1. The van der Waals surface area contributed by atoms with E-state index >= 15 is 0 Å². The van der Waals surface area contributed by atoms with Crippen LogP contribution in [0.25, 0.3) is 0 Å². The molecule has 0 spiro atoms. The predicted molar refractivity (Wildman–Crippen MR) is 89.3 cm³/mol. The Labute approximate surface area is 132 Å². The van der Waals surface area contributed by atoms with Gasteiger partial charge in [0.05, 0.1) is 12.1 Å². The summed E-state index contributed by atoms with van der Waals surface area (Å²) in [5, 5.41) is 4.16. The van der Waals surface area contributed by atoms with Gasteiger partial charge in [-0.25, -0.2) is 0 Å².